The van der Waals surface area contributed by atoms with Crippen molar-refractivity contribution in [2.75, 3.05) is 38.1 Å². The zero-order valence-electron chi connectivity index (χ0n) is 10.5. The second kappa shape index (κ2) is 7.43. The number of rotatable bonds is 4. The third-order valence-electron chi connectivity index (χ3n) is 3.33. The highest BCUT2D eigenvalue weighted by molar-refractivity contribution is 9.09. The van der Waals surface area contributed by atoms with Crippen LogP contribution >= 0.6 is 27.5 Å². The molecule has 2 heterocycles. The molecular weight excluding hydrogens is 314 g/mol. The summed E-state index contributed by atoms with van der Waals surface area (Å²) < 4.78 is 0. The lowest BCUT2D eigenvalue weighted by Gasteiger charge is -2.21. The van der Waals surface area contributed by atoms with Gasteiger partial charge in [0.15, 0.2) is 0 Å². The zero-order chi connectivity index (χ0) is 12.8. The fraction of sp³-hybridized carbons (Fsp3) is 0.615. The van der Waals surface area contributed by atoms with E-state index in [0.717, 1.165) is 43.1 Å². The Morgan fingerprint density at radius 2 is 2.00 bits per heavy atom. The molecular formula is C13H19BrClN3. The van der Waals surface area contributed by atoms with Gasteiger partial charge in [-0.1, -0.05) is 27.5 Å². The molecule has 1 fully saturated rings. The first-order valence-electron chi connectivity index (χ1n) is 6.38. The summed E-state index contributed by atoms with van der Waals surface area (Å²) in [7, 11) is 0. The van der Waals surface area contributed by atoms with Crippen molar-refractivity contribution in [1.29, 1.82) is 0 Å². The highest BCUT2D eigenvalue weighted by Gasteiger charge is 2.15. The molecule has 0 spiro atoms. The third kappa shape index (κ3) is 4.19. The van der Waals surface area contributed by atoms with Crippen LogP contribution in [0.1, 0.15) is 12.0 Å². The molecule has 5 heteroatoms. The van der Waals surface area contributed by atoms with Crippen molar-refractivity contribution in [2.24, 2.45) is 0 Å². The maximum Gasteiger partial charge on any atom is 0.0634 e. The highest BCUT2D eigenvalue weighted by atomic mass is 79.9. The highest BCUT2D eigenvalue weighted by Crippen LogP contribution is 2.16. The van der Waals surface area contributed by atoms with Crippen LogP contribution in [-0.4, -0.2) is 52.8 Å². The average molecular weight is 333 g/mol. The molecule has 100 valence electrons. The SMILES string of the molecule is Clc1cnccc1CN1CCCN(CCBr)CC1. The number of aromatic nitrogens is 1. The van der Waals surface area contributed by atoms with Crippen molar-refractivity contribution in [3.05, 3.63) is 29.0 Å². The number of pyridine rings is 1. The lowest BCUT2D eigenvalue weighted by molar-refractivity contribution is 0.258. The largest absolute Gasteiger partial charge is 0.301 e. The topological polar surface area (TPSA) is 19.4 Å². The molecule has 3 nitrogen and oxygen atoms in total. The van der Waals surface area contributed by atoms with Crippen molar-refractivity contribution in [1.82, 2.24) is 14.8 Å². The van der Waals surface area contributed by atoms with E-state index in [0.29, 0.717) is 0 Å². The van der Waals surface area contributed by atoms with Crippen molar-refractivity contribution >= 4 is 27.5 Å². The first-order chi connectivity index (χ1) is 8.79. The Hall–Kier alpha value is -0.160. The molecule has 0 radical (unpaired) electrons. The maximum atomic E-state index is 6.16. The summed E-state index contributed by atoms with van der Waals surface area (Å²) in [6.45, 7) is 6.69. The van der Waals surface area contributed by atoms with Crippen LogP contribution in [0.5, 0.6) is 0 Å². The zero-order valence-corrected chi connectivity index (χ0v) is 12.8. The molecule has 0 unspecified atom stereocenters. The Morgan fingerprint density at radius 3 is 2.78 bits per heavy atom. The molecule has 2 rings (SSSR count). The molecule has 1 aromatic heterocycles. The van der Waals surface area contributed by atoms with Gasteiger partial charge in [-0.15, -0.1) is 0 Å². The first kappa shape index (κ1) is 14.3. The third-order valence-corrected chi connectivity index (χ3v) is 4.03. The van der Waals surface area contributed by atoms with E-state index in [-0.39, 0.29) is 0 Å². The number of halogens is 2. The summed E-state index contributed by atoms with van der Waals surface area (Å²) in [5.74, 6) is 0. The van der Waals surface area contributed by atoms with E-state index < -0.39 is 0 Å². The van der Waals surface area contributed by atoms with E-state index in [1.807, 2.05) is 12.3 Å². The molecule has 1 saturated heterocycles. The van der Waals surface area contributed by atoms with Crippen molar-refractivity contribution in [3.63, 3.8) is 0 Å². The summed E-state index contributed by atoms with van der Waals surface area (Å²) in [6.07, 6.45) is 4.78. The van der Waals surface area contributed by atoms with Crippen molar-refractivity contribution < 1.29 is 0 Å². The molecule has 0 aromatic carbocycles. The summed E-state index contributed by atoms with van der Waals surface area (Å²) in [6, 6.07) is 2.02. The van der Waals surface area contributed by atoms with Gasteiger partial charge in [-0.3, -0.25) is 9.88 Å². The molecule has 1 aliphatic heterocycles. The van der Waals surface area contributed by atoms with E-state index >= 15 is 0 Å². The van der Waals surface area contributed by atoms with Crippen molar-refractivity contribution in [2.45, 2.75) is 13.0 Å². The van der Waals surface area contributed by atoms with Crippen LogP contribution in [-0.2, 0) is 6.54 Å². The first-order valence-corrected chi connectivity index (χ1v) is 7.88. The summed E-state index contributed by atoms with van der Waals surface area (Å²) in [5, 5.41) is 1.84. The second-order valence-corrected chi connectivity index (χ2v) is 5.83. The van der Waals surface area contributed by atoms with Crippen molar-refractivity contribution in [3.8, 4) is 0 Å². The van der Waals surface area contributed by atoms with Crippen LogP contribution < -0.4 is 0 Å². The monoisotopic (exact) mass is 331 g/mol. The normalized spacial score (nSPS) is 18.8. The van der Waals surface area contributed by atoms with Gasteiger partial charge in [0.1, 0.15) is 0 Å². The Kier molecular flexibility index (Phi) is 5.89. The quantitative estimate of drug-likeness (QED) is 0.790. The van der Waals surface area contributed by atoms with Gasteiger partial charge in [-0.25, -0.2) is 0 Å². The predicted molar refractivity (Wildman–Crippen MR) is 79.4 cm³/mol. The number of nitrogens with zero attached hydrogens (tertiary/aromatic N) is 3. The summed E-state index contributed by atoms with van der Waals surface area (Å²) in [5.41, 5.74) is 1.18. The Balaban J connectivity index is 1.89. The van der Waals surface area contributed by atoms with Gasteiger partial charge in [0.2, 0.25) is 0 Å². The Labute approximate surface area is 122 Å². The molecule has 0 saturated carbocycles. The number of hydrogen-bond donors (Lipinski definition) is 0. The molecule has 0 aliphatic carbocycles. The molecule has 0 bridgehead atoms. The Morgan fingerprint density at radius 1 is 1.22 bits per heavy atom. The standard InChI is InChI=1S/C13H19BrClN3/c14-3-7-17-5-1-6-18(9-8-17)11-12-2-4-16-10-13(12)15/h2,4,10H,1,3,5-9,11H2. The smallest absolute Gasteiger partial charge is 0.0634 e. The lowest BCUT2D eigenvalue weighted by atomic mass is 10.2. The van der Waals surface area contributed by atoms with E-state index in [9.17, 15) is 0 Å². The predicted octanol–water partition coefficient (Wildman–Crippen LogP) is 2.64. The van der Waals surface area contributed by atoms with Gasteiger partial charge in [0.25, 0.3) is 0 Å². The molecule has 0 atom stereocenters. The second-order valence-electron chi connectivity index (χ2n) is 4.63. The van der Waals surface area contributed by atoms with Gasteiger partial charge in [0.05, 0.1) is 5.02 Å². The van der Waals surface area contributed by atoms with Gasteiger partial charge >= 0.3 is 0 Å². The van der Waals surface area contributed by atoms with Crippen LogP contribution in [0.4, 0.5) is 0 Å². The fourth-order valence-electron chi connectivity index (χ4n) is 2.30. The van der Waals surface area contributed by atoms with Crippen LogP contribution in [0.3, 0.4) is 0 Å². The minimum atomic E-state index is 0.777. The van der Waals surface area contributed by atoms with Gasteiger partial charge in [-0.2, -0.15) is 0 Å². The molecule has 1 aliphatic rings. The minimum absolute atomic E-state index is 0.777. The van der Waals surface area contributed by atoms with Crippen LogP contribution in [0.25, 0.3) is 0 Å². The summed E-state index contributed by atoms with van der Waals surface area (Å²) in [4.78, 5) is 9.03. The molecule has 1 aromatic rings. The van der Waals surface area contributed by atoms with E-state index in [4.69, 9.17) is 11.6 Å². The Bertz CT molecular complexity index is 375. The van der Waals surface area contributed by atoms with Crippen LogP contribution in [0.15, 0.2) is 18.5 Å². The number of alkyl halides is 1. The van der Waals surface area contributed by atoms with E-state index in [2.05, 4.69) is 30.7 Å². The van der Waals surface area contributed by atoms with Gasteiger partial charge < -0.3 is 4.90 Å². The summed E-state index contributed by atoms with van der Waals surface area (Å²) >= 11 is 9.67. The average Bonchev–Trinajstić information content (AvgIpc) is 2.59. The minimum Gasteiger partial charge on any atom is -0.301 e. The fourth-order valence-corrected chi connectivity index (χ4v) is 2.98. The van der Waals surface area contributed by atoms with Crippen LogP contribution in [0, 0.1) is 0 Å². The maximum absolute atomic E-state index is 6.16. The lowest BCUT2D eigenvalue weighted by Crippen LogP contribution is -2.31. The van der Waals surface area contributed by atoms with Gasteiger partial charge in [-0.05, 0) is 31.1 Å². The van der Waals surface area contributed by atoms with E-state index in [1.54, 1.807) is 6.20 Å². The number of hydrogen-bond acceptors (Lipinski definition) is 3. The van der Waals surface area contributed by atoms with E-state index in [1.165, 1.54) is 18.5 Å². The molecule has 0 N–H and O–H groups in total. The molecule has 0 amide bonds. The van der Waals surface area contributed by atoms with Crippen LogP contribution in [0.2, 0.25) is 5.02 Å². The van der Waals surface area contributed by atoms with Gasteiger partial charge in [0, 0.05) is 43.9 Å². The molecule has 18 heavy (non-hydrogen) atoms.